The van der Waals surface area contributed by atoms with Crippen molar-refractivity contribution in [2.24, 2.45) is 0 Å². The average molecular weight is 255 g/mol. The fourth-order valence-electron chi connectivity index (χ4n) is 0.116. The molecular formula is C6H11AgO4. The van der Waals surface area contributed by atoms with Crippen molar-refractivity contribution in [3.05, 3.63) is 6.92 Å². The van der Waals surface area contributed by atoms with Crippen LogP contribution in [0.2, 0.25) is 0 Å². The Morgan fingerprint density at radius 1 is 1.27 bits per heavy atom. The molecule has 0 aliphatic rings. The first-order valence-corrected chi connectivity index (χ1v) is 2.73. The van der Waals surface area contributed by atoms with Gasteiger partial charge < -0.3 is 16.4 Å². The molecule has 0 bridgehead atoms. The van der Waals surface area contributed by atoms with Crippen molar-refractivity contribution in [3.8, 4) is 0 Å². The van der Waals surface area contributed by atoms with Gasteiger partial charge in [0.2, 0.25) is 0 Å². The Morgan fingerprint density at radius 3 is 1.73 bits per heavy atom. The molecule has 0 aromatic carbocycles. The van der Waals surface area contributed by atoms with Gasteiger partial charge in [-0.2, -0.15) is 0 Å². The van der Waals surface area contributed by atoms with Gasteiger partial charge in [0.15, 0.2) is 0 Å². The molecule has 0 spiro atoms. The predicted molar refractivity (Wildman–Crippen MR) is 35.1 cm³/mol. The van der Waals surface area contributed by atoms with E-state index >= 15 is 0 Å². The quantitative estimate of drug-likeness (QED) is 0.408. The molecule has 4 nitrogen and oxygen atoms in total. The van der Waals surface area contributed by atoms with E-state index in [-0.39, 0.29) is 29.0 Å². The van der Waals surface area contributed by atoms with E-state index in [4.69, 9.17) is 4.79 Å². The molecule has 0 aromatic rings. The third kappa shape index (κ3) is 42.2. The topological polar surface area (TPSA) is 52.6 Å². The summed E-state index contributed by atoms with van der Waals surface area (Å²) in [5, 5.41) is 0. The second-order valence-corrected chi connectivity index (χ2v) is 1.02. The number of rotatable bonds is 4. The second kappa shape index (κ2) is 22.6. The van der Waals surface area contributed by atoms with Crippen LogP contribution >= 0.6 is 0 Å². The molecule has 0 heterocycles. The maximum atomic E-state index is 9.18. The smallest absolute Gasteiger partial charge is 0.501 e. The van der Waals surface area contributed by atoms with Gasteiger partial charge in [-0.05, 0) is 13.5 Å². The molecule has 0 amide bonds. The first-order chi connectivity index (χ1) is 4.83. The van der Waals surface area contributed by atoms with Gasteiger partial charge in [0.05, 0.1) is 6.61 Å². The monoisotopic (exact) mass is 254 g/mol. The van der Waals surface area contributed by atoms with Crippen molar-refractivity contribution in [2.45, 2.75) is 6.92 Å². The molecule has 70 valence electrons. The molecule has 0 aliphatic heterocycles. The first kappa shape index (κ1) is 17.0. The normalized spacial score (nSPS) is 6.00. The van der Waals surface area contributed by atoms with Gasteiger partial charge >= 0.3 is 22.4 Å². The SMILES string of the molecule is CCOC=O.[Ag+].[CH2-]COC=O. The molecule has 0 rings (SSSR count). The molecule has 0 N–H and O–H groups in total. The van der Waals surface area contributed by atoms with Crippen LogP contribution in [0.3, 0.4) is 0 Å². The van der Waals surface area contributed by atoms with Crippen LogP contribution in [0, 0.1) is 6.92 Å². The van der Waals surface area contributed by atoms with Crippen LogP contribution in [0.4, 0.5) is 0 Å². The Morgan fingerprint density at radius 2 is 1.73 bits per heavy atom. The minimum absolute atomic E-state index is 0. The molecule has 0 unspecified atom stereocenters. The number of carbonyl (C=O) groups excluding carboxylic acids is 2. The summed E-state index contributed by atoms with van der Waals surface area (Å²) >= 11 is 0. The Bertz CT molecular complexity index is 67.0. The minimum Gasteiger partial charge on any atom is -0.501 e. The van der Waals surface area contributed by atoms with Gasteiger partial charge in [0.25, 0.3) is 12.9 Å². The third-order valence-electron chi connectivity index (χ3n) is 0.421. The largest absolute Gasteiger partial charge is 1.00 e. The molecule has 11 heavy (non-hydrogen) atoms. The van der Waals surface area contributed by atoms with Gasteiger partial charge in [-0.1, -0.05) is 0 Å². The number of carbonyl (C=O) groups is 2. The zero-order valence-corrected chi connectivity index (χ0v) is 7.69. The van der Waals surface area contributed by atoms with E-state index in [2.05, 4.69) is 16.4 Å². The van der Waals surface area contributed by atoms with Crippen LogP contribution in [-0.2, 0) is 41.4 Å². The van der Waals surface area contributed by atoms with Crippen molar-refractivity contribution >= 4 is 12.9 Å². The van der Waals surface area contributed by atoms with Gasteiger partial charge in [-0.3, -0.25) is 9.59 Å². The van der Waals surface area contributed by atoms with E-state index in [1.54, 1.807) is 6.92 Å². The van der Waals surface area contributed by atoms with Crippen molar-refractivity contribution < 1.29 is 41.4 Å². The van der Waals surface area contributed by atoms with E-state index in [9.17, 15) is 4.79 Å². The summed E-state index contributed by atoms with van der Waals surface area (Å²) in [6.07, 6.45) is 0. The predicted octanol–water partition coefficient (Wildman–Crippen LogP) is 0.170. The number of hydrogen-bond donors (Lipinski definition) is 0. The number of ether oxygens (including phenoxy) is 2. The van der Waals surface area contributed by atoms with E-state index in [1.807, 2.05) is 0 Å². The summed E-state index contributed by atoms with van der Waals surface area (Å²) in [7, 11) is 0. The van der Waals surface area contributed by atoms with Crippen LogP contribution in [0.1, 0.15) is 6.92 Å². The second-order valence-electron chi connectivity index (χ2n) is 1.02. The van der Waals surface area contributed by atoms with Crippen molar-refractivity contribution in [3.63, 3.8) is 0 Å². The molecule has 0 saturated carbocycles. The third-order valence-corrected chi connectivity index (χ3v) is 0.421. The molecule has 0 fully saturated rings. The zero-order valence-electron chi connectivity index (χ0n) is 6.21. The van der Waals surface area contributed by atoms with Gasteiger partial charge in [-0.25, -0.2) is 0 Å². The molecule has 0 aromatic heterocycles. The Kier molecular flexibility index (Phi) is 34.9. The first-order valence-electron chi connectivity index (χ1n) is 2.73. The molecule has 0 aliphatic carbocycles. The Balaban J connectivity index is -0.000000107. The van der Waals surface area contributed by atoms with E-state index in [1.165, 1.54) is 0 Å². The Labute approximate surface area is 81.8 Å². The molecular weight excluding hydrogens is 244 g/mol. The zero-order chi connectivity index (χ0) is 8.24. The van der Waals surface area contributed by atoms with E-state index in [0.717, 1.165) is 0 Å². The van der Waals surface area contributed by atoms with Crippen molar-refractivity contribution in [1.82, 2.24) is 0 Å². The van der Waals surface area contributed by atoms with Crippen LogP contribution in [-0.4, -0.2) is 26.2 Å². The molecule has 5 heteroatoms. The summed E-state index contributed by atoms with van der Waals surface area (Å²) in [5.41, 5.74) is 0. The van der Waals surface area contributed by atoms with Crippen molar-refractivity contribution in [1.29, 1.82) is 0 Å². The van der Waals surface area contributed by atoms with Crippen LogP contribution in [0.5, 0.6) is 0 Å². The maximum Gasteiger partial charge on any atom is 1.00 e. The van der Waals surface area contributed by atoms with Gasteiger partial charge in [0, 0.05) is 0 Å². The summed E-state index contributed by atoms with van der Waals surface area (Å²) in [6.45, 7) is 6.48. The van der Waals surface area contributed by atoms with Crippen LogP contribution in [0.15, 0.2) is 0 Å². The standard InChI is InChI=1S/C3H6O2.C3H5O2.Ag/c2*1-2-5-3-4;/h3H,2H2,1H3;3H,1-2H2;/q;-1;+1. The fraction of sp³-hybridized carbons (Fsp3) is 0.500. The van der Waals surface area contributed by atoms with Crippen LogP contribution in [0.25, 0.3) is 0 Å². The van der Waals surface area contributed by atoms with Gasteiger partial charge in [0.1, 0.15) is 0 Å². The molecule has 0 radical (unpaired) electrons. The van der Waals surface area contributed by atoms with Gasteiger partial charge in [-0.15, -0.1) is 0 Å². The summed E-state index contributed by atoms with van der Waals surface area (Å²) in [5.74, 6) is 0. The van der Waals surface area contributed by atoms with Crippen molar-refractivity contribution in [2.75, 3.05) is 13.2 Å². The number of hydrogen-bond acceptors (Lipinski definition) is 4. The molecule has 0 saturated heterocycles. The average Bonchev–Trinajstić information content (AvgIpc) is 1.93. The fourth-order valence-corrected chi connectivity index (χ4v) is 0.116. The van der Waals surface area contributed by atoms with Crippen LogP contribution < -0.4 is 0 Å². The maximum absolute atomic E-state index is 9.18. The molecule has 0 atom stereocenters. The summed E-state index contributed by atoms with van der Waals surface area (Å²) in [6, 6.07) is 0. The summed E-state index contributed by atoms with van der Waals surface area (Å²) in [4.78, 5) is 18.3. The van der Waals surface area contributed by atoms with E-state index < -0.39 is 0 Å². The Hall–Kier alpha value is -0.320. The minimum atomic E-state index is 0. The van der Waals surface area contributed by atoms with E-state index in [0.29, 0.717) is 19.6 Å². The summed E-state index contributed by atoms with van der Waals surface area (Å²) < 4.78 is 8.19.